The summed E-state index contributed by atoms with van der Waals surface area (Å²) in [6.45, 7) is 4.18. The maximum atomic E-state index is 9.46. The molecule has 19 heavy (non-hydrogen) atoms. The lowest BCUT2D eigenvalue weighted by atomic mass is 9.82. The van der Waals surface area contributed by atoms with Crippen molar-refractivity contribution in [2.45, 2.75) is 45.6 Å². The van der Waals surface area contributed by atoms with Crippen LogP contribution < -0.4 is 0 Å². The Morgan fingerprint density at radius 2 is 2.11 bits per heavy atom. The van der Waals surface area contributed by atoms with E-state index in [-0.39, 0.29) is 6.61 Å². The van der Waals surface area contributed by atoms with Gasteiger partial charge in [0.25, 0.3) is 0 Å². The average molecular weight is 257 g/mol. The molecular formula is C15H19N3O. The van der Waals surface area contributed by atoms with Gasteiger partial charge in [-0.15, -0.1) is 5.10 Å². The van der Waals surface area contributed by atoms with Gasteiger partial charge in [0.05, 0.1) is 18.0 Å². The molecule has 4 heteroatoms. The zero-order valence-corrected chi connectivity index (χ0v) is 11.4. The lowest BCUT2D eigenvalue weighted by molar-refractivity contribution is 0.272. The Hall–Kier alpha value is -1.68. The third kappa shape index (κ3) is 1.96. The molecule has 0 atom stereocenters. The van der Waals surface area contributed by atoms with Crippen LogP contribution in [0.1, 0.15) is 47.7 Å². The van der Waals surface area contributed by atoms with E-state index in [0.717, 1.165) is 17.1 Å². The van der Waals surface area contributed by atoms with Gasteiger partial charge in [-0.05, 0) is 43.9 Å². The van der Waals surface area contributed by atoms with E-state index in [9.17, 15) is 5.11 Å². The Labute approximate surface area is 113 Å². The molecule has 1 N–H and O–H groups in total. The third-order valence-corrected chi connectivity index (χ3v) is 4.22. The van der Waals surface area contributed by atoms with Crippen molar-refractivity contribution in [2.75, 3.05) is 0 Å². The molecule has 3 rings (SSSR count). The molecule has 100 valence electrons. The van der Waals surface area contributed by atoms with Crippen LogP contribution >= 0.6 is 0 Å². The summed E-state index contributed by atoms with van der Waals surface area (Å²) in [5, 5.41) is 17.9. The molecule has 0 aliphatic heterocycles. The van der Waals surface area contributed by atoms with Crippen molar-refractivity contribution in [3.8, 4) is 5.69 Å². The Morgan fingerprint density at radius 3 is 2.74 bits per heavy atom. The number of benzene rings is 1. The SMILES string of the molecule is Cc1cccc(-n2nnc(CO)c2C2CCC2)c1C. The molecule has 1 aliphatic carbocycles. The second-order valence-corrected chi connectivity index (χ2v) is 5.34. The van der Waals surface area contributed by atoms with Crippen molar-refractivity contribution in [3.05, 3.63) is 40.7 Å². The highest BCUT2D eigenvalue weighted by molar-refractivity contribution is 5.45. The first-order valence-corrected chi connectivity index (χ1v) is 6.84. The highest BCUT2D eigenvalue weighted by atomic mass is 16.3. The molecule has 1 fully saturated rings. The van der Waals surface area contributed by atoms with Crippen molar-refractivity contribution < 1.29 is 5.11 Å². The Morgan fingerprint density at radius 1 is 1.32 bits per heavy atom. The predicted molar refractivity (Wildman–Crippen MR) is 73.3 cm³/mol. The lowest BCUT2D eigenvalue weighted by Gasteiger charge is -2.27. The quantitative estimate of drug-likeness (QED) is 0.919. The van der Waals surface area contributed by atoms with Crippen molar-refractivity contribution in [3.63, 3.8) is 0 Å². The minimum Gasteiger partial charge on any atom is -0.390 e. The summed E-state index contributed by atoms with van der Waals surface area (Å²) in [7, 11) is 0. The molecule has 0 radical (unpaired) electrons. The van der Waals surface area contributed by atoms with Gasteiger partial charge in [0, 0.05) is 5.92 Å². The van der Waals surface area contributed by atoms with Crippen LogP contribution in [0.5, 0.6) is 0 Å². The van der Waals surface area contributed by atoms with Gasteiger partial charge in [0.1, 0.15) is 5.69 Å². The molecule has 0 bridgehead atoms. The summed E-state index contributed by atoms with van der Waals surface area (Å²) in [5.74, 6) is 0.497. The van der Waals surface area contributed by atoms with E-state index in [1.54, 1.807) is 0 Å². The molecule has 1 saturated carbocycles. The van der Waals surface area contributed by atoms with Gasteiger partial charge in [0.2, 0.25) is 0 Å². The molecular weight excluding hydrogens is 238 g/mol. The number of aryl methyl sites for hydroxylation is 1. The predicted octanol–water partition coefficient (Wildman–Crippen LogP) is 2.64. The minimum atomic E-state index is -0.0311. The van der Waals surface area contributed by atoms with Crippen LogP contribution in [0.4, 0.5) is 0 Å². The van der Waals surface area contributed by atoms with Gasteiger partial charge in [-0.3, -0.25) is 0 Å². The highest BCUT2D eigenvalue weighted by Gasteiger charge is 2.28. The van der Waals surface area contributed by atoms with E-state index in [4.69, 9.17) is 0 Å². The number of aliphatic hydroxyl groups is 1. The molecule has 0 unspecified atom stereocenters. The van der Waals surface area contributed by atoms with Crippen molar-refractivity contribution in [2.24, 2.45) is 0 Å². The lowest BCUT2D eigenvalue weighted by Crippen LogP contribution is -2.16. The van der Waals surface area contributed by atoms with Gasteiger partial charge >= 0.3 is 0 Å². The summed E-state index contributed by atoms with van der Waals surface area (Å²) < 4.78 is 1.93. The normalized spacial score (nSPS) is 15.5. The van der Waals surface area contributed by atoms with Crippen LogP contribution in [0, 0.1) is 13.8 Å². The van der Waals surface area contributed by atoms with Gasteiger partial charge in [-0.25, -0.2) is 4.68 Å². The molecule has 2 aromatic rings. The van der Waals surface area contributed by atoms with E-state index in [1.165, 1.54) is 30.4 Å². The van der Waals surface area contributed by atoms with Gasteiger partial charge in [-0.1, -0.05) is 23.8 Å². The fourth-order valence-corrected chi connectivity index (χ4v) is 2.67. The number of hydrogen-bond acceptors (Lipinski definition) is 3. The first-order chi connectivity index (χ1) is 9.22. The number of aromatic nitrogens is 3. The van der Waals surface area contributed by atoms with Gasteiger partial charge < -0.3 is 5.11 Å². The average Bonchev–Trinajstić information content (AvgIpc) is 2.74. The summed E-state index contributed by atoms with van der Waals surface area (Å²) in [6.07, 6.45) is 3.60. The van der Waals surface area contributed by atoms with E-state index < -0.39 is 0 Å². The molecule has 1 heterocycles. The molecule has 0 spiro atoms. The Bertz CT molecular complexity index is 599. The molecule has 0 saturated heterocycles. The zero-order valence-electron chi connectivity index (χ0n) is 11.4. The van der Waals surface area contributed by atoms with Crippen molar-refractivity contribution in [1.29, 1.82) is 0 Å². The maximum Gasteiger partial charge on any atom is 0.112 e. The summed E-state index contributed by atoms with van der Waals surface area (Å²) in [6, 6.07) is 6.22. The maximum absolute atomic E-state index is 9.46. The fraction of sp³-hybridized carbons (Fsp3) is 0.467. The van der Waals surface area contributed by atoms with E-state index in [2.05, 4.69) is 36.3 Å². The smallest absolute Gasteiger partial charge is 0.112 e. The topological polar surface area (TPSA) is 50.9 Å². The first-order valence-electron chi connectivity index (χ1n) is 6.84. The van der Waals surface area contributed by atoms with Gasteiger partial charge in [-0.2, -0.15) is 0 Å². The molecule has 4 nitrogen and oxygen atoms in total. The van der Waals surface area contributed by atoms with Crippen LogP contribution in [-0.2, 0) is 6.61 Å². The Balaban J connectivity index is 2.14. The minimum absolute atomic E-state index is 0.0311. The van der Waals surface area contributed by atoms with Crippen LogP contribution in [0.25, 0.3) is 5.69 Å². The number of rotatable bonds is 3. The molecule has 1 aromatic carbocycles. The molecule has 1 aliphatic rings. The standard InChI is InChI=1S/C15H19N3O/c1-10-5-3-8-14(11(10)2)18-15(12-6-4-7-12)13(9-19)16-17-18/h3,5,8,12,19H,4,6-7,9H2,1-2H3. The number of hydrogen-bond donors (Lipinski definition) is 1. The number of nitrogens with zero attached hydrogens (tertiary/aromatic N) is 3. The van der Waals surface area contributed by atoms with Gasteiger partial charge in [0.15, 0.2) is 0 Å². The van der Waals surface area contributed by atoms with E-state index in [1.807, 2.05) is 10.7 Å². The van der Waals surface area contributed by atoms with Crippen LogP contribution in [0.15, 0.2) is 18.2 Å². The zero-order chi connectivity index (χ0) is 13.4. The van der Waals surface area contributed by atoms with Crippen molar-refractivity contribution >= 4 is 0 Å². The molecule has 1 aromatic heterocycles. The second kappa shape index (κ2) is 4.78. The molecule has 0 amide bonds. The highest BCUT2D eigenvalue weighted by Crippen LogP contribution is 2.38. The summed E-state index contributed by atoms with van der Waals surface area (Å²) in [4.78, 5) is 0. The van der Waals surface area contributed by atoms with E-state index >= 15 is 0 Å². The number of aliphatic hydroxyl groups excluding tert-OH is 1. The first kappa shape index (κ1) is 12.4. The largest absolute Gasteiger partial charge is 0.390 e. The fourth-order valence-electron chi connectivity index (χ4n) is 2.67. The summed E-state index contributed by atoms with van der Waals surface area (Å²) >= 11 is 0. The van der Waals surface area contributed by atoms with E-state index in [0.29, 0.717) is 5.92 Å². The van der Waals surface area contributed by atoms with Crippen molar-refractivity contribution in [1.82, 2.24) is 15.0 Å². The monoisotopic (exact) mass is 257 g/mol. The van der Waals surface area contributed by atoms with Crippen LogP contribution in [0.2, 0.25) is 0 Å². The third-order valence-electron chi connectivity index (χ3n) is 4.22. The summed E-state index contributed by atoms with van der Waals surface area (Å²) in [5.41, 5.74) is 5.37. The Kier molecular flexibility index (Phi) is 3.11. The second-order valence-electron chi connectivity index (χ2n) is 5.34. The van der Waals surface area contributed by atoms with Crippen LogP contribution in [-0.4, -0.2) is 20.1 Å². The van der Waals surface area contributed by atoms with Crippen LogP contribution in [0.3, 0.4) is 0 Å².